The number of carbonyl (C=O) groups excluding carboxylic acids is 1. The molecule has 0 aromatic carbocycles. The zero-order valence-electron chi connectivity index (χ0n) is 11.1. The molecule has 0 spiro atoms. The molecule has 2 amide bonds. The molecule has 2 rings (SSSR count). The molecule has 0 aliphatic carbocycles. The molecule has 18 heavy (non-hydrogen) atoms. The topological polar surface area (TPSA) is 60.9 Å². The Bertz CT molecular complexity index is 345. The van der Waals surface area contributed by atoms with Gasteiger partial charge in [-0.3, -0.25) is 0 Å². The average Bonchev–Trinajstić information content (AvgIpc) is 2.74. The predicted molar refractivity (Wildman–Crippen MR) is 67.3 cm³/mol. The van der Waals surface area contributed by atoms with E-state index in [0.717, 1.165) is 32.4 Å². The van der Waals surface area contributed by atoms with E-state index in [-0.39, 0.29) is 11.9 Å². The Balaban J connectivity index is 2.09. The molecule has 0 aromatic heterocycles. The van der Waals surface area contributed by atoms with Gasteiger partial charge in [0.05, 0.1) is 0 Å². The summed E-state index contributed by atoms with van der Waals surface area (Å²) in [6, 6.07) is -0.736. The number of nitrogens with zero attached hydrogens (tertiary/aromatic N) is 2. The molecule has 102 valence electrons. The van der Waals surface area contributed by atoms with Gasteiger partial charge < -0.3 is 14.9 Å². The van der Waals surface area contributed by atoms with Crippen molar-refractivity contribution in [2.24, 2.45) is 11.8 Å². The van der Waals surface area contributed by atoms with Gasteiger partial charge in [-0.1, -0.05) is 13.8 Å². The molecule has 3 unspecified atom stereocenters. The second kappa shape index (κ2) is 5.16. The van der Waals surface area contributed by atoms with Gasteiger partial charge in [-0.25, -0.2) is 9.59 Å². The number of piperidine rings is 1. The summed E-state index contributed by atoms with van der Waals surface area (Å²) in [5, 5.41) is 9.31. The lowest BCUT2D eigenvalue weighted by Gasteiger charge is -2.39. The number of amides is 2. The summed E-state index contributed by atoms with van der Waals surface area (Å²) in [5.41, 5.74) is 0. The number of likely N-dealkylation sites (tertiary alicyclic amines) is 2. The highest BCUT2D eigenvalue weighted by atomic mass is 16.4. The highest BCUT2D eigenvalue weighted by molar-refractivity contribution is 5.83. The minimum absolute atomic E-state index is 0.0419. The fraction of sp³-hybridized carbons (Fsp3) is 0.846. The standard InChI is InChI=1S/C13H22N2O3/c1-9-5-7-14(8-9)13(18)15-6-3-4-10(2)11(15)12(16)17/h9-11H,3-8H2,1-2H3,(H,16,17). The average molecular weight is 254 g/mol. The number of hydrogen-bond acceptors (Lipinski definition) is 2. The maximum Gasteiger partial charge on any atom is 0.326 e. The first-order valence-corrected chi connectivity index (χ1v) is 6.79. The number of carboxylic acid groups (broad SMARTS) is 1. The van der Waals surface area contributed by atoms with Gasteiger partial charge in [-0.2, -0.15) is 0 Å². The Morgan fingerprint density at radius 2 is 1.89 bits per heavy atom. The van der Waals surface area contributed by atoms with Crippen molar-refractivity contribution < 1.29 is 14.7 Å². The van der Waals surface area contributed by atoms with Crippen LogP contribution in [0.15, 0.2) is 0 Å². The van der Waals surface area contributed by atoms with Crippen molar-refractivity contribution in [3.05, 3.63) is 0 Å². The van der Waals surface area contributed by atoms with Crippen LogP contribution in [0.2, 0.25) is 0 Å². The molecular formula is C13H22N2O3. The quantitative estimate of drug-likeness (QED) is 0.773. The predicted octanol–water partition coefficient (Wildman–Crippen LogP) is 1.63. The highest BCUT2D eigenvalue weighted by Gasteiger charge is 2.39. The van der Waals surface area contributed by atoms with Crippen molar-refractivity contribution >= 4 is 12.0 Å². The maximum atomic E-state index is 12.4. The summed E-state index contributed by atoms with van der Waals surface area (Å²) in [4.78, 5) is 27.1. The summed E-state index contributed by atoms with van der Waals surface area (Å²) >= 11 is 0. The van der Waals surface area contributed by atoms with Crippen molar-refractivity contribution in [1.82, 2.24) is 9.80 Å². The minimum Gasteiger partial charge on any atom is -0.480 e. The molecule has 2 fully saturated rings. The van der Waals surface area contributed by atoms with Crippen LogP contribution in [0.25, 0.3) is 0 Å². The highest BCUT2D eigenvalue weighted by Crippen LogP contribution is 2.26. The van der Waals surface area contributed by atoms with Crippen LogP contribution in [0.1, 0.15) is 33.1 Å². The molecule has 2 aliphatic rings. The Morgan fingerprint density at radius 1 is 1.17 bits per heavy atom. The Morgan fingerprint density at radius 3 is 2.44 bits per heavy atom. The molecule has 0 aromatic rings. The third-order valence-electron chi connectivity index (χ3n) is 4.13. The Kier molecular flexibility index (Phi) is 3.78. The Hall–Kier alpha value is -1.26. The molecule has 5 heteroatoms. The monoisotopic (exact) mass is 254 g/mol. The van der Waals surface area contributed by atoms with E-state index < -0.39 is 12.0 Å². The first-order chi connectivity index (χ1) is 8.50. The zero-order valence-corrected chi connectivity index (χ0v) is 11.1. The SMILES string of the molecule is CC1CCN(C(=O)N2CCCC(C)C2C(=O)O)C1. The van der Waals surface area contributed by atoms with Crippen LogP contribution in [0, 0.1) is 11.8 Å². The van der Waals surface area contributed by atoms with E-state index in [2.05, 4.69) is 6.92 Å². The third kappa shape index (κ3) is 2.44. The molecule has 5 nitrogen and oxygen atoms in total. The first kappa shape index (κ1) is 13.2. The van der Waals surface area contributed by atoms with Gasteiger partial charge in [0.25, 0.3) is 0 Å². The lowest BCUT2D eigenvalue weighted by atomic mass is 9.91. The van der Waals surface area contributed by atoms with Crippen molar-refractivity contribution in [2.45, 2.75) is 39.2 Å². The van der Waals surface area contributed by atoms with Crippen molar-refractivity contribution in [3.63, 3.8) is 0 Å². The van der Waals surface area contributed by atoms with Crippen LogP contribution >= 0.6 is 0 Å². The van der Waals surface area contributed by atoms with Crippen molar-refractivity contribution in [2.75, 3.05) is 19.6 Å². The first-order valence-electron chi connectivity index (χ1n) is 6.79. The summed E-state index contributed by atoms with van der Waals surface area (Å²) < 4.78 is 0. The number of urea groups is 1. The second-order valence-electron chi connectivity index (χ2n) is 5.72. The molecule has 3 atom stereocenters. The lowest BCUT2D eigenvalue weighted by Crippen LogP contribution is -2.55. The van der Waals surface area contributed by atoms with Gasteiger partial charge in [-0.05, 0) is 31.1 Å². The van der Waals surface area contributed by atoms with Gasteiger partial charge >= 0.3 is 12.0 Å². The van der Waals surface area contributed by atoms with Gasteiger partial charge in [0, 0.05) is 19.6 Å². The molecule has 1 N–H and O–H groups in total. The summed E-state index contributed by atoms with van der Waals surface area (Å²) in [5.74, 6) is -0.303. The summed E-state index contributed by atoms with van der Waals surface area (Å²) in [6.45, 7) is 6.14. The van der Waals surface area contributed by atoms with Crippen LogP contribution in [0.4, 0.5) is 4.79 Å². The van der Waals surface area contributed by atoms with Crippen molar-refractivity contribution in [1.29, 1.82) is 0 Å². The smallest absolute Gasteiger partial charge is 0.326 e. The van der Waals surface area contributed by atoms with Crippen LogP contribution in [-0.4, -0.2) is 52.6 Å². The van der Waals surface area contributed by atoms with Crippen LogP contribution in [-0.2, 0) is 4.79 Å². The lowest BCUT2D eigenvalue weighted by molar-refractivity contribution is -0.145. The van der Waals surface area contributed by atoms with Gasteiger partial charge in [0.15, 0.2) is 0 Å². The van der Waals surface area contributed by atoms with E-state index in [4.69, 9.17) is 0 Å². The van der Waals surface area contributed by atoms with E-state index in [1.54, 1.807) is 9.80 Å². The zero-order chi connectivity index (χ0) is 13.3. The number of aliphatic carboxylic acids is 1. The van der Waals surface area contributed by atoms with E-state index in [1.807, 2.05) is 6.92 Å². The number of carboxylic acids is 1. The van der Waals surface area contributed by atoms with Crippen molar-refractivity contribution in [3.8, 4) is 0 Å². The van der Waals surface area contributed by atoms with E-state index in [9.17, 15) is 14.7 Å². The molecule has 0 bridgehead atoms. The molecule has 0 radical (unpaired) electrons. The van der Waals surface area contributed by atoms with Crippen LogP contribution < -0.4 is 0 Å². The third-order valence-corrected chi connectivity index (χ3v) is 4.13. The van der Waals surface area contributed by atoms with Gasteiger partial charge in [0.1, 0.15) is 6.04 Å². The summed E-state index contributed by atoms with van der Waals surface area (Å²) in [6.07, 6.45) is 2.81. The molecule has 2 aliphatic heterocycles. The van der Waals surface area contributed by atoms with Crippen LogP contribution in [0.3, 0.4) is 0 Å². The molecule has 2 heterocycles. The number of rotatable bonds is 1. The van der Waals surface area contributed by atoms with E-state index >= 15 is 0 Å². The van der Waals surface area contributed by atoms with E-state index in [0.29, 0.717) is 12.5 Å². The number of carbonyl (C=O) groups is 2. The molecule has 0 saturated carbocycles. The maximum absolute atomic E-state index is 12.4. The normalized spacial score (nSPS) is 32.7. The second-order valence-corrected chi connectivity index (χ2v) is 5.72. The molecule has 2 saturated heterocycles. The van der Waals surface area contributed by atoms with Crippen LogP contribution in [0.5, 0.6) is 0 Å². The van der Waals surface area contributed by atoms with Gasteiger partial charge in [0.2, 0.25) is 0 Å². The Labute approximate surface area is 108 Å². The van der Waals surface area contributed by atoms with Gasteiger partial charge in [-0.15, -0.1) is 0 Å². The fourth-order valence-electron chi connectivity index (χ4n) is 3.07. The number of hydrogen-bond donors (Lipinski definition) is 1. The largest absolute Gasteiger partial charge is 0.480 e. The summed E-state index contributed by atoms with van der Waals surface area (Å²) in [7, 11) is 0. The molecular weight excluding hydrogens is 232 g/mol. The minimum atomic E-state index is -0.872. The van der Waals surface area contributed by atoms with E-state index in [1.165, 1.54) is 0 Å². The fourth-order valence-corrected chi connectivity index (χ4v) is 3.07.